The third-order valence-electron chi connectivity index (χ3n) is 5.93. The van der Waals surface area contributed by atoms with Crippen LogP contribution in [0.3, 0.4) is 0 Å². The first-order valence-corrected chi connectivity index (χ1v) is 10.1. The third kappa shape index (κ3) is 2.88. The van der Waals surface area contributed by atoms with Crippen LogP contribution in [0.4, 0.5) is 0 Å². The lowest BCUT2D eigenvalue weighted by Gasteiger charge is -2.34. The number of piperidine rings is 1. The molecular formula is C22H24N4O2. The van der Waals surface area contributed by atoms with Crippen LogP contribution < -0.4 is 5.32 Å². The van der Waals surface area contributed by atoms with Crippen molar-refractivity contribution in [1.82, 2.24) is 20.2 Å². The maximum absolute atomic E-state index is 13.4. The molecule has 1 atom stereocenters. The molecule has 6 nitrogen and oxygen atoms in total. The molecule has 2 aromatic heterocycles. The van der Waals surface area contributed by atoms with Gasteiger partial charge in [0.05, 0.1) is 6.04 Å². The predicted octanol–water partition coefficient (Wildman–Crippen LogP) is 3.54. The van der Waals surface area contributed by atoms with Crippen molar-refractivity contribution in [3.63, 3.8) is 0 Å². The number of carbonyl (C=O) groups excluding carboxylic acids is 1. The smallest absolute Gasteiger partial charge is 0.290 e. The maximum atomic E-state index is 13.4. The Labute approximate surface area is 164 Å². The number of para-hydroxylation sites is 1. The number of nitrogens with one attached hydrogen (secondary N) is 1. The lowest BCUT2D eigenvalue weighted by Crippen LogP contribution is -2.39. The Balaban J connectivity index is 1.50. The second-order valence-electron chi connectivity index (χ2n) is 7.69. The number of aryl methyl sites for hydroxylation is 1. The first-order valence-electron chi connectivity index (χ1n) is 10.1. The molecule has 0 radical (unpaired) electrons. The van der Waals surface area contributed by atoms with Crippen LogP contribution in [-0.2, 0) is 13.0 Å². The minimum Gasteiger partial charge on any atom is -0.451 e. The van der Waals surface area contributed by atoms with Crippen molar-refractivity contribution < 1.29 is 9.21 Å². The summed E-state index contributed by atoms with van der Waals surface area (Å²) in [5, 5.41) is 4.35. The van der Waals surface area contributed by atoms with Crippen LogP contribution >= 0.6 is 0 Å². The molecule has 2 aliphatic heterocycles. The first-order chi connectivity index (χ1) is 13.7. The Morgan fingerprint density at radius 1 is 1.29 bits per heavy atom. The van der Waals surface area contributed by atoms with E-state index >= 15 is 0 Å². The number of likely N-dealkylation sites (tertiary alicyclic amines) is 1. The summed E-state index contributed by atoms with van der Waals surface area (Å²) < 4.78 is 5.95. The van der Waals surface area contributed by atoms with Gasteiger partial charge in [0.1, 0.15) is 5.58 Å². The summed E-state index contributed by atoms with van der Waals surface area (Å²) in [5.74, 6) is 1.15. The molecule has 1 aromatic carbocycles. The van der Waals surface area contributed by atoms with Gasteiger partial charge in [-0.15, -0.1) is 0 Å². The van der Waals surface area contributed by atoms with Crippen molar-refractivity contribution >= 4 is 16.9 Å². The lowest BCUT2D eigenvalue weighted by molar-refractivity contribution is 0.0568. The van der Waals surface area contributed by atoms with Crippen molar-refractivity contribution in [1.29, 1.82) is 0 Å². The molecule has 144 valence electrons. The van der Waals surface area contributed by atoms with Crippen LogP contribution in [0, 0.1) is 6.92 Å². The fourth-order valence-corrected chi connectivity index (χ4v) is 4.36. The van der Waals surface area contributed by atoms with Gasteiger partial charge < -0.3 is 14.6 Å². The molecule has 28 heavy (non-hydrogen) atoms. The first kappa shape index (κ1) is 17.4. The lowest BCUT2D eigenvalue weighted by atomic mass is 9.99. The van der Waals surface area contributed by atoms with E-state index in [4.69, 9.17) is 9.40 Å². The Morgan fingerprint density at radius 2 is 2.18 bits per heavy atom. The van der Waals surface area contributed by atoms with Crippen LogP contribution in [0.5, 0.6) is 0 Å². The van der Waals surface area contributed by atoms with Gasteiger partial charge in [0.2, 0.25) is 0 Å². The molecule has 1 saturated heterocycles. The second-order valence-corrected chi connectivity index (χ2v) is 7.69. The van der Waals surface area contributed by atoms with Gasteiger partial charge in [-0.25, -0.2) is 9.97 Å². The van der Waals surface area contributed by atoms with Gasteiger partial charge >= 0.3 is 0 Å². The monoisotopic (exact) mass is 376 g/mol. The fourth-order valence-electron chi connectivity index (χ4n) is 4.36. The topological polar surface area (TPSA) is 71.3 Å². The van der Waals surface area contributed by atoms with Crippen LogP contribution in [0.1, 0.15) is 58.5 Å². The van der Waals surface area contributed by atoms with E-state index in [9.17, 15) is 4.79 Å². The van der Waals surface area contributed by atoms with Crippen LogP contribution in [0.2, 0.25) is 0 Å². The molecule has 0 spiro atoms. The van der Waals surface area contributed by atoms with E-state index in [2.05, 4.69) is 10.3 Å². The number of hydrogen-bond donors (Lipinski definition) is 1. The van der Waals surface area contributed by atoms with Crippen molar-refractivity contribution in [3.8, 4) is 0 Å². The van der Waals surface area contributed by atoms with Gasteiger partial charge in [0.15, 0.2) is 11.6 Å². The molecule has 1 amide bonds. The largest absolute Gasteiger partial charge is 0.451 e. The molecule has 3 aromatic rings. The van der Waals surface area contributed by atoms with E-state index in [1.807, 2.05) is 42.3 Å². The van der Waals surface area contributed by atoms with Crippen LogP contribution in [0.15, 0.2) is 34.9 Å². The number of rotatable bonds is 2. The molecule has 0 saturated carbocycles. The van der Waals surface area contributed by atoms with Crippen molar-refractivity contribution in [2.75, 3.05) is 13.1 Å². The van der Waals surface area contributed by atoms with Gasteiger partial charge in [0.25, 0.3) is 5.91 Å². The summed E-state index contributed by atoms with van der Waals surface area (Å²) in [5.41, 5.74) is 3.94. The number of nitrogens with zero attached hydrogens (tertiary/aromatic N) is 3. The van der Waals surface area contributed by atoms with Crippen molar-refractivity contribution in [3.05, 3.63) is 58.9 Å². The van der Waals surface area contributed by atoms with Gasteiger partial charge in [-0.05, 0) is 32.3 Å². The molecule has 2 aliphatic rings. The Morgan fingerprint density at radius 3 is 3.07 bits per heavy atom. The third-order valence-corrected chi connectivity index (χ3v) is 5.93. The summed E-state index contributed by atoms with van der Waals surface area (Å²) in [4.78, 5) is 24.8. The molecule has 4 heterocycles. The van der Waals surface area contributed by atoms with Crippen molar-refractivity contribution in [2.45, 2.75) is 45.2 Å². The molecule has 6 heteroatoms. The number of hydrogen-bond acceptors (Lipinski definition) is 5. The summed E-state index contributed by atoms with van der Waals surface area (Å²) in [7, 11) is 0. The number of amides is 1. The fraction of sp³-hybridized carbons (Fsp3) is 0.409. The molecule has 5 rings (SSSR count). The van der Waals surface area contributed by atoms with Gasteiger partial charge in [0, 0.05) is 54.5 Å². The van der Waals surface area contributed by atoms with Crippen LogP contribution in [-0.4, -0.2) is 33.9 Å². The van der Waals surface area contributed by atoms with E-state index in [0.29, 0.717) is 12.3 Å². The highest BCUT2D eigenvalue weighted by Gasteiger charge is 2.33. The molecule has 0 bridgehead atoms. The van der Waals surface area contributed by atoms with Crippen molar-refractivity contribution in [2.24, 2.45) is 0 Å². The second kappa shape index (κ2) is 7.02. The number of furan rings is 1. The zero-order valence-electron chi connectivity index (χ0n) is 16.1. The summed E-state index contributed by atoms with van der Waals surface area (Å²) in [6, 6.07) is 7.72. The highest BCUT2D eigenvalue weighted by atomic mass is 16.3. The average Bonchev–Trinajstić information content (AvgIpc) is 3.09. The zero-order valence-corrected chi connectivity index (χ0v) is 16.1. The number of aromatic nitrogens is 2. The summed E-state index contributed by atoms with van der Waals surface area (Å²) >= 11 is 0. The normalized spacial score (nSPS) is 19.6. The van der Waals surface area contributed by atoms with Gasteiger partial charge in [-0.2, -0.15) is 0 Å². The standard InChI is InChI=1S/C22H24N4O2/c1-14-16-6-2-3-8-19(16)28-20(14)22(27)26-11-5-4-7-18(26)21-24-13-15-12-23-10-9-17(15)25-21/h2-3,6,8,13,18,23H,4-5,7,9-12H2,1H3/t18-/m0/s1. The Bertz CT molecular complexity index is 1040. The summed E-state index contributed by atoms with van der Waals surface area (Å²) in [6.07, 6.45) is 5.80. The zero-order chi connectivity index (χ0) is 19.1. The minimum atomic E-state index is -0.0888. The number of carbonyl (C=O) groups is 1. The minimum absolute atomic E-state index is 0.0543. The molecule has 1 fully saturated rings. The number of fused-ring (bicyclic) bond motifs is 2. The predicted molar refractivity (Wildman–Crippen MR) is 106 cm³/mol. The SMILES string of the molecule is Cc1c(C(=O)N2CCCC[C@H]2c2ncc3c(n2)CCNC3)oc2ccccc12. The number of benzene rings is 1. The van der Waals surface area contributed by atoms with Gasteiger partial charge in [-0.1, -0.05) is 18.2 Å². The molecule has 0 unspecified atom stereocenters. The molecule has 1 N–H and O–H groups in total. The van der Waals surface area contributed by atoms with E-state index in [1.54, 1.807) is 0 Å². The maximum Gasteiger partial charge on any atom is 0.290 e. The van der Waals surface area contributed by atoms with E-state index in [1.165, 1.54) is 0 Å². The van der Waals surface area contributed by atoms with E-state index in [-0.39, 0.29) is 11.9 Å². The van der Waals surface area contributed by atoms with Crippen LogP contribution in [0.25, 0.3) is 11.0 Å². The van der Waals surface area contributed by atoms with E-state index in [0.717, 1.165) is 72.4 Å². The van der Waals surface area contributed by atoms with Gasteiger partial charge in [-0.3, -0.25) is 4.79 Å². The molecular weight excluding hydrogens is 352 g/mol. The Kier molecular flexibility index (Phi) is 4.36. The summed E-state index contributed by atoms with van der Waals surface area (Å²) in [6.45, 7) is 4.43. The molecule has 0 aliphatic carbocycles. The average molecular weight is 376 g/mol. The van der Waals surface area contributed by atoms with E-state index < -0.39 is 0 Å². The highest BCUT2D eigenvalue weighted by molar-refractivity contribution is 5.99. The highest BCUT2D eigenvalue weighted by Crippen LogP contribution is 2.33. The Hall–Kier alpha value is -2.73. The quantitative estimate of drug-likeness (QED) is 0.741.